The van der Waals surface area contributed by atoms with Crippen molar-refractivity contribution in [2.75, 3.05) is 0 Å². The van der Waals surface area contributed by atoms with Crippen molar-refractivity contribution >= 4 is 54.1 Å². The monoisotopic (exact) mass is 528 g/mol. The quantitative estimate of drug-likeness (QED) is 0.183. The second-order valence-electron chi connectivity index (χ2n) is 7.88. The number of aromatic nitrogens is 2. The van der Waals surface area contributed by atoms with E-state index < -0.39 is 0 Å². The molecule has 0 amide bonds. The van der Waals surface area contributed by atoms with Crippen LogP contribution in [0.3, 0.4) is 0 Å². The molecule has 0 aliphatic rings. The van der Waals surface area contributed by atoms with Crippen LogP contribution < -0.4 is 0 Å². The molecule has 2 nitrogen and oxygen atoms in total. The molecule has 0 N–H and O–H groups in total. The zero-order valence-corrected chi connectivity index (χ0v) is 25.4. The Labute approximate surface area is 240 Å². The number of nitrogens with zero attached hydrogens (tertiary/aromatic N) is 2. The summed E-state index contributed by atoms with van der Waals surface area (Å²) in [5, 5.41) is 10.2. The maximum Gasteiger partial charge on any atom is 0.0964 e. The molecule has 0 radical (unpaired) electrons. The van der Waals surface area contributed by atoms with E-state index in [4.69, 9.17) is 0 Å². The third-order valence-electron chi connectivity index (χ3n) is 6.00. The van der Waals surface area contributed by atoms with Gasteiger partial charge in [-0.05, 0) is 44.5 Å². The van der Waals surface area contributed by atoms with Crippen LogP contribution in [0.15, 0.2) is 122 Å². The fourth-order valence-electron chi connectivity index (χ4n) is 4.45. The third kappa shape index (κ3) is 7.21. The molecule has 2 aromatic heterocycles. The second kappa shape index (κ2) is 17.3. The van der Waals surface area contributed by atoms with Gasteiger partial charge in [-0.2, -0.15) is 0 Å². The molecular weight excluding hydrogens is 484 g/mol. The largest absolute Gasteiger partial charge is 0.254 e. The number of pyridine rings is 2. The molecule has 0 spiro atoms. The molecule has 0 saturated heterocycles. The standard InChI is InChI=1S/C18H12.C12H8N2.4C2H6/c1-3-7-15-13(5-1)9-11-18-16-8-4-2-6-14(16)10-12-17(15)18;1-3-9-5-6-10-4-2-8-14-12(10)11(9)13-7-1;4*1-2/h1-12H;1-8H;4*1-2H3. The van der Waals surface area contributed by atoms with Crippen LogP contribution in [0.4, 0.5) is 0 Å². The fraction of sp³-hybridized carbons (Fsp3) is 0.211. The maximum atomic E-state index is 4.35. The van der Waals surface area contributed by atoms with Crippen LogP contribution in [-0.2, 0) is 0 Å². The zero-order valence-electron chi connectivity index (χ0n) is 25.4. The normalized spacial score (nSPS) is 9.50. The highest BCUT2D eigenvalue weighted by atomic mass is 14.7. The van der Waals surface area contributed by atoms with Gasteiger partial charge in [0.05, 0.1) is 11.0 Å². The molecule has 0 fully saturated rings. The van der Waals surface area contributed by atoms with Gasteiger partial charge in [0.1, 0.15) is 0 Å². The molecule has 0 saturated carbocycles. The fourth-order valence-corrected chi connectivity index (χ4v) is 4.45. The second-order valence-corrected chi connectivity index (χ2v) is 7.88. The van der Waals surface area contributed by atoms with E-state index >= 15 is 0 Å². The number of hydrogen-bond acceptors (Lipinski definition) is 2. The number of benzene rings is 5. The summed E-state index contributed by atoms with van der Waals surface area (Å²) in [6.45, 7) is 16.0. The summed E-state index contributed by atoms with van der Waals surface area (Å²) in [4.78, 5) is 8.69. The highest BCUT2D eigenvalue weighted by molar-refractivity contribution is 6.17. The molecule has 0 atom stereocenters. The van der Waals surface area contributed by atoms with Gasteiger partial charge in [-0.25, -0.2) is 0 Å². The molecular formula is C38H44N2. The Morgan fingerprint density at radius 2 is 0.625 bits per heavy atom. The lowest BCUT2D eigenvalue weighted by Gasteiger charge is -2.07. The van der Waals surface area contributed by atoms with Gasteiger partial charge in [-0.3, -0.25) is 9.97 Å². The van der Waals surface area contributed by atoms with Crippen molar-refractivity contribution in [1.82, 2.24) is 9.97 Å². The average Bonchev–Trinajstić information content (AvgIpc) is 3.08. The molecule has 0 bridgehead atoms. The van der Waals surface area contributed by atoms with Crippen LogP contribution in [0.5, 0.6) is 0 Å². The summed E-state index contributed by atoms with van der Waals surface area (Å²) in [5.74, 6) is 0. The summed E-state index contributed by atoms with van der Waals surface area (Å²) in [5.41, 5.74) is 1.95. The third-order valence-corrected chi connectivity index (χ3v) is 6.00. The minimum atomic E-state index is 0.977. The van der Waals surface area contributed by atoms with Gasteiger partial charge in [-0.15, -0.1) is 0 Å². The van der Waals surface area contributed by atoms with E-state index in [1.807, 2.05) is 67.5 Å². The van der Waals surface area contributed by atoms with E-state index in [0.717, 1.165) is 21.8 Å². The van der Waals surface area contributed by atoms with E-state index in [9.17, 15) is 0 Å². The summed E-state index contributed by atoms with van der Waals surface area (Å²) in [7, 11) is 0. The molecule has 206 valence electrons. The van der Waals surface area contributed by atoms with Gasteiger partial charge in [0, 0.05) is 23.2 Å². The Bertz CT molecular complexity index is 1610. The Morgan fingerprint density at radius 3 is 1.02 bits per heavy atom. The van der Waals surface area contributed by atoms with Crippen molar-refractivity contribution in [3.05, 3.63) is 122 Å². The highest BCUT2D eigenvalue weighted by Gasteiger charge is 2.03. The average molecular weight is 529 g/mol. The van der Waals surface area contributed by atoms with Crippen LogP contribution >= 0.6 is 0 Å². The van der Waals surface area contributed by atoms with E-state index in [0.29, 0.717) is 0 Å². The first-order valence-corrected chi connectivity index (χ1v) is 14.8. The van der Waals surface area contributed by atoms with Gasteiger partial charge in [0.25, 0.3) is 0 Å². The summed E-state index contributed by atoms with van der Waals surface area (Å²) in [6, 6.07) is 38.2. The molecule has 2 heterocycles. The molecule has 2 heteroatoms. The van der Waals surface area contributed by atoms with Crippen LogP contribution in [-0.4, -0.2) is 9.97 Å². The van der Waals surface area contributed by atoms with Crippen molar-refractivity contribution in [3.63, 3.8) is 0 Å². The highest BCUT2D eigenvalue weighted by Crippen LogP contribution is 2.30. The van der Waals surface area contributed by atoms with Crippen molar-refractivity contribution in [1.29, 1.82) is 0 Å². The first-order valence-electron chi connectivity index (χ1n) is 14.8. The van der Waals surface area contributed by atoms with Gasteiger partial charge in [0.15, 0.2) is 0 Å². The zero-order chi connectivity index (χ0) is 29.3. The van der Waals surface area contributed by atoms with E-state index in [1.54, 1.807) is 12.4 Å². The Balaban J connectivity index is 0.000000229. The lowest BCUT2D eigenvalue weighted by molar-refractivity contribution is 1.37. The molecule has 7 rings (SSSR count). The Kier molecular flexibility index (Phi) is 13.8. The lowest BCUT2D eigenvalue weighted by Crippen LogP contribution is -1.83. The van der Waals surface area contributed by atoms with Gasteiger partial charge >= 0.3 is 0 Å². The van der Waals surface area contributed by atoms with Gasteiger partial charge < -0.3 is 0 Å². The van der Waals surface area contributed by atoms with Crippen molar-refractivity contribution in [3.8, 4) is 0 Å². The molecule has 5 aromatic carbocycles. The molecule has 7 aromatic rings. The lowest BCUT2D eigenvalue weighted by atomic mass is 9.97. The number of hydrogen-bond donors (Lipinski definition) is 0. The van der Waals surface area contributed by atoms with Crippen LogP contribution in [0.25, 0.3) is 54.1 Å². The first-order chi connectivity index (χ1) is 19.9. The van der Waals surface area contributed by atoms with Crippen LogP contribution in [0, 0.1) is 0 Å². The predicted octanol–water partition coefficient (Wildman–Crippen LogP) is 12.0. The minimum absolute atomic E-state index is 0.977. The predicted molar refractivity (Wildman–Crippen MR) is 181 cm³/mol. The van der Waals surface area contributed by atoms with E-state index in [1.165, 1.54) is 32.3 Å². The Hall–Kier alpha value is -4.30. The van der Waals surface area contributed by atoms with E-state index in [-0.39, 0.29) is 0 Å². The Morgan fingerprint density at radius 1 is 0.300 bits per heavy atom. The van der Waals surface area contributed by atoms with Crippen molar-refractivity contribution in [2.45, 2.75) is 55.4 Å². The van der Waals surface area contributed by atoms with Gasteiger partial charge in [0.2, 0.25) is 0 Å². The van der Waals surface area contributed by atoms with Crippen molar-refractivity contribution in [2.24, 2.45) is 0 Å². The van der Waals surface area contributed by atoms with Crippen LogP contribution in [0.2, 0.25) is 0 Å². The first kappa shape index (κ1) is 31.9. The summed E-state index contributed by atoms with van der Waals surface area (Å²) < 4.78 is 0. The minimum Gasteiger partial charge on any atom is -0.254 e. The molecule has 0 aliphatic heterocycles. The maximum absolute atomic E-state index is 4.35. The van der Waals surface area contributed by atoms with Crippen molar-refractivity contribution < 1.29 is 0 Å². The smallest absolute Gasteiger partial charge is 0.0964 e. The van der Waals surface area contributed by atoms with E-state index in [2.05, 4.69) is 107 Å². The SMILES string of the molecule is CC.CC.CC.CC.c1ccc2c(c1)ccc1c3ccccc3ccc21.c1cnc2c(c1)ccc1cccnc12. The molecule has 40 heavy (non-hydrogen) atoms. The molecule has 0 unspecified atom stereocenters. The van der Waals surface area contributed by atoms with Crippen LogP contribution in [0.1, 0.15) is 55.4 Å². The summed E-state index contributed by atoms with van der Waals surface area (Å²) >= 11 is 0. The van der Waals surface area contributed by atoms with Gasteiger partial charge in [-0.1, -0.05) is 152 Å². The molecule has 0 aliphatic carbocycles. The number of rotatable bonds is 0. The topological polar surface area (TPSA) is 25.8 Å². The summed E-state index contributed by atoms with van der Waals surface area (Å²) in [6.07, 6.45) is 3.60. The number of fused-ring (bicyclic) bond motifs is 8.